The highest BCUT2D eigenvalue weighted by molar-refractivity contribution is 6.30. The third kappa shape index (κ3) is 4.45. The molecule has 5 nitrogen and oxygen atoms in total. The van der Waals surface area contributed by atoms with Gasteiger partial charge in [0.15, 0.2) is 0 Å². The van der Waals surface area contributed by atoms with Crippen LogP contribution in [0.5, 0.6) is 0 Å². The monoisotopic (exact) mass is 336 g/mol. The zero-order valence-corrected chi connectivity index (χ0v) is 13.7. The number of oxime groups is 1. The first-order valence-corrected chi connectivity index (χ1v) is 8.44. The lowest BCUT2D eigenvalue weighted by atomic mass is 10.0. The lowest BCUT2D eigenvalue weighted by Gasteiger charge is -2.11. The van der Waals surface area contributed by atoms with Crippen LogP contribution in [0.2, 0.25) is 5.02 Å². The van der Waals surface area contributed by atoms with Crippen LogP contribution in [0.15, 0.2) is 29.4 Å². The molecule has 0 radical (unpaired) electrons. The van der Waals surface area contributed by atoms with Crippen LogP contribution in [0, 0.1) is 5.92 Å². The first-order chi connectivity index (χ1) is 11.2. The van der Waals surface area contributed by atoms with E-state index in [4.69, 9.17) is 21.2 Å². The van der Waals surface area contributed by atoms with Crippen molar-refractivity contribution in [3.05, 3.63) is 34.9 Å². The van der Waals surface area contributed by atoms with E-state index in [1.54, 1.807) is 12.1 Å². The second-order valence-electron chi connectivity index (χ2n) is 6.01. The van der Waals surface area contributed by atoms with Crippen molar-refractivity contribution in [3.63, 3.8) is 0 Å². The summed E-state index contributed by atoms with van der Waals surface area (Å²) in [7, 11) is 0. The molecule has 1 amide bonds. The Morgan fingerprint density at radius 2 is 2.17 bits per heavy atom. The van der Waals surface area contributed by atoms with E-state index in [2.05, 4.69) is 10.5 Å². The molecule has 0 aliphatic carbocycles. The summed E-state index contributed by atoms with van der Waals surface area (Å²) in [5.74, 6) is 0.551. The molecule has 2 heterocycles. The van der Waals surface area contributed by atoms with E-state index in [-0.39, 0.29) is 5.91 Å². The summed E-state index contributed by atoms with van der Waals surface area (Å²) < 4.78 is 5.35. The van der Waals surface area contributed by atoms with Crippen molar-refractivity contribution in [2.24, 2.45) is 11.1 Å². The zero-order chi connectivity index (χ0) is 16.1. The summed E-state index contributed by atoms with van der Waals surface area (Å²) >= 11 is 5.87. The third-order valence-electron chi connectivity index (χ3n) is 4.25. The fourth-order valence-corrected chi connectivity index (χ4v) is 2.98. The molecular formula is C17H21ClN2O3. The smallest absolute Gasteiger partial charge is 0.264 e. The number of carbonyl (C=O) groups excluding carboxylic acids is 1. The quantitative estimate of drug-likeness (QED) is 0.813. The van der Waals surface area contributed by atoms with Gasteiger partial charge in [-0.2, -0.15) is 0 Å². The highest BCUT2D eigenvalue weighted by Crippen LogP contribution is 2.19. The van der Waals surface area contributed by atoms with Crippen molar-refractivity contribution < 1.29 is 14.4 Å². The number of amides is 1. The van der Waals surface area contributed by atoms with Gasteiger partial charge in [0.05, 0.1) is 5.71 Å². The first-order valence-electron chi connectivity index (χ1n) is 8.06. The van der Waals surface area contributed by atoms with Gasteiger partial charge in [0.1, 0.15) is 0 Å². The van der Waals surface area contributed by atoms with Crippen LogP contribution in [-0.4, -0.2) is 37.5 Å². The lowest BCUT2D eigenvalue weighted by Crippen LogP contribution is -2.35. The van der Waals surface area contributed by atoms with Crippen LogP contribution in [0.1, 0.15) is 31.2 Å². The number of nitrogens with one attached hydrogen (secondary N) is 1. The summed E-state index contributed by atoms with van der Waals surface area (Å²) in [5, 5.41) is 7.63. The minimum Gasteiger partial charge on any atom is -0.382 e. The number of rotatable bonds is 6. The molecule has 1 fully saturated rings. The summed E-state index contributed by atoms with van der Waals surface area (Å²) in [5.41, 5.74) is 1.72. The number of hydrogen-bond donors (Lipinski definition) is 1. The maximum atomic E-state index is 12.1. The fourth-order valence-electron chi connectivity index (χ4n) is 2.86. The van der Waals surface area contributed by atoms with E-state index in [1.165, 1.54) is 0 Å². The lowest BCUT2D eigenvalue weighted by molar-refractivity contribution is -0.131. The molecule has 2 unspecified atom stereocenters. The molecule has 2 atom stereocenters. The van der Waals surface area contributed by atoms with Gasteiger partial charge in [-0.1, -0.05) is 28.9 Å². The normalized spacial score (nSPS) is 23.4. The molecule has 0 bridgehead atoms. The van der Waals surface area contributed by atoms with Crippen LogP contribution in [-0.2, 0) is 14.4 Å². The summed E-state index contributed by atoms with van der Waals surface area (Å²) in [6, 6.07) is 7.38. The van der Waals surface area contributed by atoms with Crippen molar-refractivity contribution >= 4 is 23.2 Å². The number of benzene rings is 1. The van der Waals surface area contributed by atoms with Gasteiger partial charge in [-0.15, -0.1) is 0 Å². The molecule has 1 saturated heterocycles. The van der Waals surface area contributed by atoms with E-state index in [9.17, 15) is 4.79 Å². The van der Waals surface area contributed by atoms with Gasteiger partial charge in [-0.05, 0) is 42.9 Å². The van der Waals surface area contributed by atoms with Gasteiger partial charge in [0.25, 0.3) is 5.91 Å². The average Bonchev–Trinajstić information content (AvgIpc) is 3.24. The number of nitrogens with zero attached hydrogens (tertiary/aromatic N) is 1. The molecule has 124 valence electrons. The second-order valence-corrected chi connectivity index (χ2v) is 6.44. The first kappa shape index (κ1) is 16.3. The number of hydrogen-bond acceptors (Lipinski definition) is 4. The van der Waals surface area contributed by atoms with E-state index in [1.807, 2.05) is 12.1 Å². The molecule has 23 heavy (non-hydrogen) atoms. The van der Waals surface area contributed by atoms with Gasteiger partial charge in [0, 0.05) is 31.2 Å². The van der Waals surface area contributed by atoms with Crippen molar-refractivity contribution in [2.75, 3.05) is 19.8 Å². The van der Waals surface area contributed by atoms with Crippen molar-refractivity contribution in [1.29, 1.82) is 0 Å². The molecule has 2 aliphatic rings. The van der Waals surface area contributed by atoms with Gasteiger partial charge in [0.2, 0.25) is 6.10 Å². The SMILES string of the molecule is O=C(NCCCC1CCOC1)C1CC(c2ccc(Cl)cc2)=NO1. The van der Waals surface area contributed by atoms with Crippen LogP contribution in [0.25, 0.3) is 0 Å². The Bertz CT molecular complexity index is 568. The van der Waals surface area contributed by atoms with E-state index in [0.717, 1.165) is 43.8 Å². The molecule has 6 heteroatoms. The average molecular weight is 337 g/mol. The van der Waals surface area contributed by atoms with E-state index in [0.29, 0.717) is 23.9 Å². The third-order valence-corrected chi connectivity index (χ3v) is 4.50. The van der Waals surface area contributed by atoms with Crippen molar-refractivity contribution in [1.82, 2.24) is 5.32 Å². The molecule has 3 rings (SSSR count). The molecule has 1 N–H and O–H groups in total. The number of ether oxygens (including phenoxy) is 1. The van der Waals surface area contributed by atoms with Crippen molar-refractivity contribution in [3.8, 4) is 0 Å². The van der Waals surface area contributed by atoms with Crippen LogP contribution < -0.4 is 5.32 Å². The standard InChI is InChI=1S/C17H21ClN2O3/c18-14-5-3-13(4-6-14)15-10-16(23-20-15)17(21)19-8-1-2-12-7-9-22-11-12/h3-6,12,16H,1-2,7-11H2,(H,19,21). The fraction of sp³-hybridized carbons (Fsp3) is 0.529. The predicted molar refractivity (Wildman–Crippen MR) is 88.6 cm³/mol. The Morgan fingerprint density at radius 1 is 1.35 bits per heavy atom. The zero-order valence-electron chi connectivity index (χ0n) is 13.0. The molecule has 0 aromatic heterocycles. The Morgan fingerprint density at radius 3 is 2.91 bits per heavy atom. The maximum absolute atomic E-state index is 12.1. The summed E-state index contributed by atoms with van der Waals surface area (Å²) in [6.45, 7) is 2.40. The van der Waals surface area contributed by atoms with Gasteiger partial charge in [-0.25, -0.2) is 0 Å². The van der Waals surface area contributed by atoms with Gasteiger partial charge >= 0.3 is 0 Å². The summed E-state index contributed by atoms with van der Waals surface area (Å²) in [4.78, 5) is 17.4. The Labute approximate surface area is 141 Å². The largest absolute Gasteiger partial charge is 0.382 e. The molecule has 1 aromatic carbocycles. The molecule has 2 aliphatic heterocycles. The Hall–Kier alpha value is -1.59. The summed E-state index contributed by atoms with van der Waals surface area (Å²) in [6.07, 6.45) is 3.16. The van der Waals surface area contributed by atoms with Crippen LogP contribution in [0.4, 0.5) is 0 Å². The minimum absolute atomic E-state index is 0.0969. The Balaban J connectivity index is 1.39. The molecule has 0 spiro atoms. The van der Waals surface area contributed by atoms with E-state index < -0.39 is 6.10 Å². The Kier molecular flexibility index (Phi) is 5.51. The second kappa shape index (κ2) is 7.79. The number of carbonyl (C=O) groups is 1. The number of halogens is 1. The minimum atomic E-state index is -0.532. The molecular weight excluding hydrogens is 316 g/mol. The van der Waals surface area contributed by atoms with Gasteiger partial charge in [-0.3, -0.25) is 4.79 Å². The van der Waals surface area contributed by atoms with Gasteiger partial charge < -0.3 is 14.9 Å². The maximum Gasteiger partial charge on any atom is 0.264 e. The predicted octanol–water partition coefficient (Wildman–Crippen LogP) is 2.77. The molecule has 0 saturated carbocycles. The van der Waals surface area contributed by atoms with Crippen LogP contribution in [0.3, 0.4) is 0 Å². The topological polar surface area (TPSA) is 59.9 Å². The highest BCUT2D eigenvalue weighted by atomic mass is 35.5. The highest BCUT2D eigenvalue weighted by Gasteiger charge is 2.28. The van der Waals surface area contributed by atoms with E-state index >= 15 is 0 Å². The molecule has 1 aromatic rings. The van der Waals surface area contributed by atoms with Crippen LogP contribution >= 0.6 is 11.6 Å². The van der Waals surface area contributed by atoms with Crippen molar-refractivity contribution in [2.45, 2.75) is 31.8 Å².